The lowest BCUT2D eigenvalue weighted by molar-refractivity contribution is -0.142. The fourth-order valence-corrected chi connectivity index (χ4v) is 4.74. The van der Waals surface area contributed by atoms with Gasteiger partial charge in [-0.2, -0.15) is 26.3 Å². The topological polar surface area (TPSA) is 258 Å². The molecule has 2 aliphatic rings. The van der Waals surface area contributed by atoms with E-state index in [0.29, 0.717) is 38.3 Å². The monoisotopic (exact) mass is 815 g/mol. The maximum Gasteiger partial charge on any atom is 0.434 e. The van der Waals surface area contributed by atoms with Crippen LogP contribution in [0.2, 0.25) is 0 Å². The minimum absolute atomic E-state index is 0.00523. The molecule has 2 aliphatic heterocycles. The molecule has 6 rings (SSSR count). The molecule has 22 heteroatoms. The van der Waals surface area contributed by atoms with E-state index in [2.05, 4.69) is 29.8 Å². The lowest BCUT2D eigenvalue weighted by Gasteiger charge is -2.34. The van der Waals surface area contributed by atoms with E-state index in [4.69, 9.17) is 16.6 Å². The van der Waals surface area contributed by atoms with Crippen LogP contribution >= 0.6 is 0 Å². The number of β-amino-alcohol motifs (C(OH)–C–C–N with tert-alkyl or cyclic N) is 2. The first kappa shape index (κ1) is 47.4. The fraction of sp³-hybridized carbons (Fsp3) is 0.400. The second-order valence-electron chi connectivity index (χ2n) is 11.8. The number of carboxylic acids is 1. The number of rotatable bonds is 3. The molecule has 4 atom stereocenters. The molecular formula is C35H43F6N9O7. The van der Waals surface area contributed by atoms with Gasteiger partial charge in [0, 0.05) is 38.1 Å². The quantitative estimate of drug-likeness (QED) is 0.147. The van der Waals surface area contributed by atoms with E-state index in [1.54, 1.807) is 0 Å². The molecule has 9 N–H and O–H groups in total. The zero-order valence-corrected chi connectivity index (χ0v) is 30.6. The number of carbonyl (C=O) groups is 2. The van der Waals surface area contributed by atoms with Crippen LogP contribution in [0.3, 0.4) is 0 Å². The number of anilines is 3. The predicted molar refractivity (Wildman–Crippen MR) is 193 cm³/mol. The molecule has 0 radical (unpaired) electrons. The Hall–Kier alpha value is -5.71. The van der Waals surface area contributed by atoms with Crippen molar-refractivity contribution in [1.29, 1.82) is 0 Å². The number of alkyl halides is 6. The summed E-state index contributed by atoms with van der Waals surface area (Å²) in [4.78, 5) is 42.6. The van der Waals surface area contributed by atoms with Crippen LogP contribution in [0.1, 0.15) is 58.9 Å². The number of hydrogen-bond donors (Lipinski definition) is 7. The summed E-state index contributed by atoms with van der Waals surface area (Å²) in [6.07, 6.45) is -6.50. The lowest BCUT2D eigenvalue weighted by atomic mass is 10.0. The largest absolute Gasteiger partial charge is 0.478 e. The molecule has 1 aromatic carbocycles. The predicted octanol–water partition coefficient (Wildman–Crippen LogP) is 3.15. The average molecular weight is 816 g/mol. The van der Waals surface area contributed by atoms with Crippen molar-refractivity contribution in [1.82, 2.24) is 29.8 Å². The van der Waals surface area contributed by atoms with E-state index < -0.39 is 54.1 Å². The first-order valence-corrected chi connectivity index (χ1v) is 17.1. The number of aliphatic hydroxyl groups is 4. The second-order valence-corrected chi connectivity index (χ2v) is 11.8. The molecule has 3 aromatic heterocycles. The maximum atomic E-state index is 12.1. The molecule has 312 valence electrons. The highest BCUT2D eigenvalue weighted by Crippen LogP contribution is 2.28. The fourth-order valence-electron chi connectivity index (χ4n) is 4.74. The number of hydrogen-bond acceptors (Lipinski definition) is 14. The van der Waals surface area contributed by atoms with Crippen LogP contribution in [-0.2, 0) is 12.4 Å². The second kappa shape index (κ2) is 22.1. The molecule has 5 heterocycles. The Labute approximate surface area is 322 Å². The van der Waals surface area contributed by atoms with Gasteiger partial charge < -0.3 is 46.8 Å². The van der Waals surface area contributed by atoms with Crippen molar-refractivity contribution in [3.63, 3.8) is 0 Å². The number of piperidine rings is 2. The summed E-state index contributed by atoms with van der Waals surface area (Å²) < 4.78 is 70.9. The van der Waals surface area contributed by atoms with E-state index in [1.807, 2.05) is 44.2 Å². The number of nitrogen functional groups attached to an aromatic ring is 2. The molecule has 0 bridgehead atoms. The van der Waals surface area contributed by atoms with Crippen molar-refractivity contribution < 1.29 is 61.5 Å². The smallest absolute Gasteiger partial charge is 0.434 e. The van der Waals surface area contributed by atoms with E-state index >= 15 is 0 Å². The van der Waals surface area contributed by atoms with Gasteiger partial charge in [-0.3, -0.25) is 19.7 Å². The third kappa shape index (κ3) is 15.7. The highest BCUT2D eigenvalue weighted by atomic mass is 19.4. The van der Waals surface area contributed by atoms with Gasteiger partial charge in [-0.1, -0.05) is 32.0 Å². The number of halogens is 6. The molecule has 4 aromatic rings. The molecule has 0 spiro atoms. The van der Waals surface area contributed by atoms with E-state index in [0.717, 1.165) is 30.8 Å². The van der Waals surface area contributed by atoms with E-state index in [1.165, 1.54) is 17.0 Å². The summed E-state index contributed by atoms with van der Waals surface area (Å²) in [6.45, 7) is 5.70. The molecule has 1 amide bonds. The summed E-state index contributed by atoms with van der Waals surface area (Å²) in [5, 5.41) is 46.5. The number of pyridine rings is 1. The molecule has 16 nitrogen and oxygen atoms in total. The van der Waals surface area contributed by atoms with Gasteiger partial charge in [-0.15, -0.1) is 0 Å². The van der Waals surface area contributed by atoms with E-state index in [-0.39, 0.29) is 35.3 Å². The SMILES string of the molecule is CC.Nc1cncc(C(F)(F)F)n1.Nc1cncc(C(F)(F)F)n1.O=C(O)c1ccc(C(=O)N2CCC(O)C(O)C2)nc1.OC1CCN(c2ccccc2)CC1O. The minimum atomic E-state index is -4.47. The van der Waals surface area contributed by atoms with Gasteiger partial charge in [0.05, 0.1) is 54.8 Å². The zero-order valence-electron chi connectivity index (χ0n) is 30.6. The molecule has 57 heavy (non-hydrogen) atoms. The molecule has 4 unspecified atom stereocenters. The Morgan fingerprint density at radius 1 is 0.684 bits per heavy atom. The number of likely N-dealkylation sites (tertiary alicyclic amines) is 1. The Morgan fingerprint density at radius 2 is 1.18 bits per heavy atom. The number of aromatic carboxylic acids is 1. The van der Waals surface area contributed by atoms with Gasteiger partial charge in [0.15, 0.2) is 11.4 Å². The number of amides is 1. The summed E-state index contributed by atoms with van der Waals surface area (Å²) in [5.41, 5.74) is 9.05. The molecule has 2 fully saturated rings. The van der Waals surface area contributed by atoms with Gasteiger partial charge in [0.25, 0.3) is 5.91 Å². The number of carboxylic acid groups (broad SMARTS) is 1. The number of aliphatic hydroxyl groups excluding tert-OH is 4. The molecular weight excluding hydrogens is 772 g/mol. The van der Waals surface area contributed by atoms with Crippen LogP contribution in [0.4, 0.5) is 43.7 Å². The van der Waals surface area contributed by atoms with Gasteiger partial charge in [0.1, 0.15) is 17.3 Å². The Bertz CT molecular complexity index is 1770. The summed E-state index contributed by atoms with van der Waals surface area (Å²) in [5.74, 6) is -1.97. The van der Waals surface area contributed by atoms with Crippen LogP contribution < -0.4 is 16.4 Å². The van der Waals surface area contributed by atoms with Crippen LogP contribution in [0.15, 0.2) is 73.4 Å². The van der Waals surface area contributed by atoms with Crippen molar-refractivity contribution in [2.45, 2.75) is 63.5 Å². The number of benzene rings is 1. The zero-order chi connectivity index (χ0) is 42.9. The van der Waals surface area contributed by atoms with Crippen LogP contribution in [-0.4, -0.2) is 118 Å². The van der Waals surface area contributed by atoms with Gasteiger partial charge in [-0.25, -0.2) is 14.8 Å². The summed E-state index contributed by atoms with van der Waals surface area (Å²) in [7, 11) is 0. The highest BCUT2D eigenvalue weighted by molar-refractivity contribution is 5.93. The maximum absolute atomic E-state index is 12.1. The van der Waals surface area contributed by atoms with Crippen molar-refractivity contribution >= 4 is 29.2 Å². The number of nitrogens with two attached hydrogens (primary N) is 2. The molecule has 2 saturated heterocycles. The van der Waals surface area contributed by atoms with Gasteiger partial charge >= 0.3 is 18.3 Å². The van der Waals surface area contributed by atoms with Crippen molar-refractivity contribution in [3.8, 4) is 0 Å². The third-order valence-corrected chi connectivity index (χ3v) is 7.62. The van der Waals surface area contributed by atoms with Crippen LogP contribution in [0.5, 0.6) is 0 Å². The molecule has 0 aliphatic carbocycles. The Kier molecular flexibility index (Phi) is 18.4. The first-order valence-electron chi connectivity index (χ1n) is 17.1. The summed E-state index contributed by atoms with van der Waals surface area (Å²) in [6, 6.07) is 12.6. The standard InChI is InChI=1S/C12H14N2O5.C11H15NO2.2C5H4F3N3.C2H6/c15-9-3-4-14(6-10(9)16)11(17)8-2-1-7(5-13-8)12(18)19;13-10-6-7-12(8-11(10)14)9-4-2-1-3-5-9;2*6-5(7,8)3-1-10-2-4(9)11-3;1-2/h1-2,5,9-10,15-16H,3-4,6H2,(H,18,19);1-5,10-11,13-14H,6-8H2;2*1-2H,(H2,9,11);1-2H3. The van der Waals surface area contributed by atoms with Gasteiger partial charge in [0.2, 0.25) is 0 Å². The number of carbonyl (C=O) groups excluding carboxylic acids is 1. The molecule has 0 saturated carbocycles. The van der Waals surface area contributed by atoms with Crippen LogP contribution in [0.25, 0.3) is 0 Å². The summed E-state index contributed by atoms with van der Waals surface area (Å²) >= 11 is 0. The number of para-hydroxylation sites is 1. The van der Waals surface area contributed by atoms with E-state index in [9.17, 15) is 56.4 Å². The van der Waals surface area contributed by atoms with Crippen LogP contribution in [0, 0.1) is 0 Å². The Balaban J connectivity index is 0.000000265. The Morgan fingerprint density at radius 3 is 1.56 bits per heavy atom. The highest BCUT2D eigenvalue weighted by Gasteiger charge is 2.34. The minimum Gasteiger partial charge on any atom is -0.478 e. The third-order valence-electron chi connectivity index (χ3n) is 7.62. The number of nitrogens with zero attached hydrogens (tertiary/aromatic N) is 7. The van der Waals surface area contributed by atoms with Crippen molar-refractivity contribution in [2.75, 3.05) is 42.5 Å². The number of aromatic nitrogens is 5. The first-order chi connectivity index (χ1) is 26.8. The van der Waals surface area contributed by atoms with Crippen molar-refractivity contribution in [3.05, 3.63) is 96.1 Å². The normalized spacial score (nSPS) is 19.1. The van der Waals surface area contributed by atoms with Gasteiger partial charge in [-0.05, 0) is 37.1 Å². The van der Waals surface area contributed by atoms with Crippen molar-refractivity contribution in [2.24, 2.45) is 0 Å². The lowest BCUT2D eigenvalue weighted by Crippen LogP contribution is -2.49. The average Bonchev–Trinajstić information content (AvgIpc) is 3.18.